The van der Waals surface area contributed by atoms with Crippen LogP contribution in [0.25, 0.3) is 0 Å². The Hall–Kier alpha value is -1.99. The molecular formula is C14H19NO6. The number of nitrogens with zero attached hydrogens (tertiary/aromatic N) is 1. The fourth-order valence-electron chi connectivity index (χ4n) is 2.78. The Balaban J connectivity index is 2.54. The number of hydrogen-bond donors (Lipinski definition) is 2. The molecule has 0 saturated carbocycles. The maximum absolute atomic E-state index is 11.4. The molecule has 1 heterocycles. The van der Waals surface area contributed by atoms with Crippen LogP contribution in [-0.2, 0) is 4.79 Å². The zero-order chi connectivity index (χ0) is 15.6. The van der Waals surface area contributed by atoms with Gasteiger partial charge in [-0.1, -0.05) is 0 Å². The van der Waals surface area contributed by atoms with E-state index in [4.69, 9.17) is 14.2 Å². The van der Waals surface area contributed by atoms with Gasteiger partial charge in [0, 0.05) is 30.2 Å². The molecule has 0 amide bonds. The number of methoxy groups -OCH3 is 3. The molecule has 1 aromatic carbocycles. The number of rotatable bonds is 5. The molecule has 2 atom stereocenters. The Morgan fingerprint density at radius 1 is 1.19 bits per heavy atom. The van der Waals surface area contributed by atoms with Crippen molar-refractivity contribution in [2.45, 2.75) is 18.4 Å². The summed E-state index contributed by atoms with van der Waals surface area (Å²) in [5, 5.41) is 19.9. The van der Waals surface area contributed by atoms with Crippen LogP contribution in [0, 0.1) is 0 Å². The highest BCUT2D eigenvalue weighted by atomic mass is 16.5. The van der Waals surface area contributed by atoms with Gasteiger partial charge >= 0.3 is 5.97 Å². The van der Waals surface area contributed by atoms with E-state index in [0.717, 1.165) is 5.06 Å². The lowest BCUT2D eigenvalue weighted by Gasteiger charge is -2.23. The summed E-state index contributed by atoms with van der Waals surface area (Å²) in [7, 11) is 4.53. The first-order valence-electron chi connectivity index (χ1n) is 6.51. The third kappa shape index (κ3) is 2.74. The number of hydroxylamine groups is 2. The molecule has 1 fully saturated rings. The molecule has 0 radical (unpaired) electrons. The molecule has 2 unspecified atom stereocenters. The third-order valence-corrected chi connectivity index (χ3v) is 3.75. The van der Waals surface area contributed by atoms with Crippen molar-refractivity contribution >= 4 is 5.97 Å². The number of carboxylic acids is 1. The quantitative estimate of drug-likeness (QED) is 0.848. The molecule has 1 aliphatic heterocycles. The molecule has 7 heteroatoms. The highest BCUT2D eigenvalue weighted by molar-refractivity contribution is 5.76. The van der Waals surface area contributed by atoms with Gasteiger partial charge in [0.05, 0.1) is 21.3 Å². The van der Waals surface area contributed by atoms with Crippen LogP contribution < -0.4 is 14.2 Å². The van der Waals surface area contributed by atoms with E-state index in [0.29, 0.717) is 29.2 Å². The van der Waals surface area contributed by atoms with E-state index in [1.165, 1.54) is 21.3 Å². The van der Waals surface area contributed by atoms with Gasteiger partial charge in [0.1, 0.15) is 23.3 Å². The summed E-state index contributed by atoms with van der Waals surface area (Å²) >= 11 is 0. The molecular weight excluding hydrogens is 278 g/mol. The second-order valence-electron chi connectivity index (χ2n) is 4.79. The Morgan fingerprint density at radius 3 is 2.19 bits per heavy atom. The average Bonchev–Trinajstić information content (AvgIpc) is 2.87. The van der Waals surface area contributed by atoms with Crippen molar-refractivity contribution in [1.82, 2.24) is 5.06 Å². The van der Waals surface area contributed by atoms with E-state index in [-0.39, 0.29) is 6.54 Å². The summed E-state index contributed by atoms with van der Waals surface area (Å²) in [5.74, 6) is 0.0110. The molecule has 0 spiro atoms. The van der Waals surface area contributed by atoms with E-state index in [2.05, 4.69) is 0 Å². The summed E-state index contributed by atoms with van der Waals surface area (Å²) in [6.07, 6.45) is 0.493. The lowest BCUT2D eigenvalue weighted by Crippen LogP contribution is -2.36. The normalized spacial score (nSPS) is 22.1. The highest BCUT2D eigenvalue weighted by Crippen LogP contribution is 2.44. The van der Waals surface area contributed by atoms with Gasteiger partial charge in [-0.15, -0.1) is 0 Å². The van der Waals surface area contributed by atoms with E-state index in [1.807, 2.05) is 0 Å². The van der Waals surface area contributed by atoms with Crippen LogP contribution in [0.1, 0.15) is 17.9 Å². The SMILES string of the molecule is COc1cc(OC)c(C2CCN(O)C2C(=O)O)c(OC)c1. The number of carbonyl (C=O) groups is 1. The molecule has 1 aliphatic rings. The fraction of sp³-hybridized carbons (Fsp3) is 0.500. The molecule has 116 valence electrons. The van der Waals surface area contributed by atoms with Crippen molar-refractivity contribution in [3.8, 4) is 17.2 Å². The number of hydrogen-bond acceptors (Lipinski definition) is 6. The van der Waals surface area contributed by atoms with E-state index in [1.54, 1.807) is 12.1 Å². The molecule has 0 aliphatic carbocycles. The van der Waals surface area contributed by atoms with Gasteiger partial charge in [0.15, 0.2) is 0 Å². The monoisotopic (exact) mass is 297 g/mol. The van der Waals surface area contributed by atoms with Crippen LogP contribution in [0.5, 0.6) is 17.2 Å². The first kappa shape index (κ1) is 15.4. The van der Waals surface area contributed by atoms with Gasteiger partial charge in [0.25, 0.3) is 0 Å². The number of benzene rings is 1. The van der Waals surface area contributed by atoms with Crippen molar-refractivity contribution in [3.63, 3.8) is 0 Å². The fourth-order valence-corrected chi connectivity index (χ4v) is 2.78. The molecule has 2 N–H and O–H groups in total. The van der Waals surface area contributed by atoms with Crippen molar-refractivity contribution in [2.24, 2.45) is 0 Å². The zero-order valence-corrected chi connectivity index (χ0v) is 12.2. The minimum Gasteiger partial charge on any atom is -0.496 e. The summed E-state index contributed by atoms with van der Waals surface area (Å²) in [6, 6.07) is 2.33. The molecule has 0 aromatic heterocycles. The minimum absolute atomic E-state index is 0.278. The van der Waals surface area contributed by atoms with Crippen LogP contribution in [0.2, 0.25) is 0 Å². The van der Waals surface area contributed by atoms with Crippen LogP contribution >= 0.6 is 0 Å². The summed E-state index contributed by atoms with van der Waals surface area (Å²) in [6.45, 7) is 0.278. The summed E-state index contributed by atoms with van der Waals surface area (Å²) in [4.78, 5) is 11.4. The maximum Gasteiger partial charge on any atom is 0.323 e. The first-order valence-corrected chi connectivity index (χ1v) is 6.51. The van der Waals surface area contributed by atoms with Gasteiger partial charge in [-0.05, 0) is 6.42 Å². The van der Waals surface area contributed by atoms with E-state index >= 15 is 0 Å². The lowest BCUT2D eigenvalue weighted by molar-refractivity contribution is -0.162. The van der Waals surface area contributed by atoms with E-state index < -0.39 is 17.9 Å². The average molecular weight is 297 g/mol. The molecule has 2 rings (SSSR count). The Labute approximate surface area is 122 Å². The van der Waals surface area contributed by atoms with Crippen molar-refractivity contribution in [1.29, 1.82) is 0 Å². The van der Waals surface area contributed by atoms with Gasteiger partial charge in [0.2, 0.25) is 0 Å². The smallest absolute Gasteiger partial charge is 0.323 e. The highest BCUT2D eigenvalue weighted by Gasteiger charge is 2.42. The van der Waals surface area contributed by atoms with Gasteiger partial charge in [-0.2, -0.15) is 5.06 Å². The first-order chi connectivity index (χ1) is 10.0. The lowest BCUT2D eigenvalue weighted by atomic mass is 9.90. The third-order valence-electron chi connectivity index (χ3n) is 3.75. The van der Waals surface area contributed by atoms with Crippen molar-refractivity contribution in [2.75, 3.05) is 27.9 Å². The minimum atomic E-state index is -1.08. The van der Waals surface area contributed by atoms with E-state index in [9.17, 15) is 15.1 Å². The second-order valence-corrected chi connectivity index (χ2v) is 4.79. The van der Waals surface area contributed by atoms with Crippen LogP contribution in [0.4, 0.5) is 0 Å². The maximum atomic E-state index is 11.4. The predicted molar refractivity (Wildman–Crippen MR) is 73.4 cm³/mol. The number of carboxylic acid groups (broad SMARTS) is 1. The Kier molecular flexibility index (Phi) is 4.54. The van der Waals surface area contributed by atoms with Gasteiger partial charge in [-0.25, -0.2) is 0 Å². The van der Waals surface area contributed by atoms with Crippen molar-refractivity contribution in [3.05, 3.63) is 17.7 Å². The molecule has 1 aromatic rings. The van der Waals surface area contributed by atoms with Gasteiger partial charge in [-0.3, -0.25) is 4.79 Å². The Morgan fingerprint density at radius 2 is 1.76 bits per heavy atom. The van der Waals surface area contributed by atoms with Crippen LogP contribution in [0.15, 0.2) is 12.1 Å². The van der Waals surface area contributed by atoms with Crippen LogP contribution in [-0.4, -0.2) is 55.3 Å². The summed E-state index contributed by atoms with van der Waals surface area (Å²) in [5.41, 5.74) is 0.629. The largest absolute Gasteiger partial charge is 0.496 e. The van der Waals surface area contributed by atoms with Crippen molar-refractivity contribution < 1.29 is 29.3 Å². The molecule has 0 bridgehead atoms. The number of ether oxygens (including phenoxy) is 3. The topological polar surface area (TPSA) is 88.5 Å². The predicted octanol–water partition coefficient (Wildman–Crippen LogP) is 1.34. The molecule has 21 heavy (non-hydrogen) atoms. The van der Waals surface area contributed by atoms with Gasteiger partial charge < -0.3 is 24.5 Å². The Bertz CT molecular complexity index is 507. The van der Waals surface area contributed by atoms with Crippen LogP contribution in [0.3, 0.4) is 0 Å². The number of aliphatic carboxylic acids is 1. The standard InChI is InChI=1S/C14H19NO6/c1-19-8-6-10(20-2)12(11(7-8)21-3)9-4-5-15(18)13(9)14(16)17/h6-7,9,13,18H,4-5H2,1-3H3,(H,16,17). The summed E-state index contributed by atoms with van der Waals surface area (Å²) < 4.78 is 15.9. The molecule has 1 saturated heterocycles. The molecule has 7 nitrogen and oxygen atoms in total. The second kappa shape index (κ2) is 6.19. The zero-order valence-electron chi connectivity index (χ0n) is 12.2.